The molecule has 1 saturated carbocycles. The summed E-state index contributed by atoms with van der Waals surface area (Å²) >= 11 is 0. The number of fused-ring (bicyclic) bond motifs is 2. The van der Waals surface area contributed by atoms with E-state index in [9.17, 15) is 4.79 Å². The van der Waals surface area contributed by atoms with Gasteiger partial charge in [0.2, 0.25) is 0 Å². The lowest BCUT2D eigenvalue weighted by atomic mass is 9.55. The zero-order valence-corrected chi connectivity index (χ0v) is 14.6. The standard InChI is InChI=1S/C19H25N3O2/c1-17(2)8-13-15(14(23)9-17)19(12-10-20-22-16(12)21-13)6-7-24-18(11-19)4-3-5-18/h21H,3-11H2,1-2H3/t19-/m0/s1. The van der Waals surface area contributed by atoms with E-state index in [0.29, 0.717) is 18.7 Å². The highest BCUT2D eigenvalue weighted by Crippen LogP contribution is 2.60. The third-order valence-corrected chi connectivity index (χ3v) is 6.71. The van der Waals surface area contributed by atoms with E-state index in [2.05, 4.69) is 29.4 Å². The Hall–Kier alpha value is -1.49. The van der Waals surface area contributed by atoms with Gasteiger partial charge >= 0.3 is 0 Å². The van der Waals surface area contributed by atoms with Crippen LogP contribution in [0, 0.1) is 10.8 Å². The molecule has 3 heterocycles. The van der Waals surface area contributed by atoms with Gasteiger partial charge in [0, 0.05) is 35.3 Å². The molecule has 1 N–H and O–H groups in total. The van der Waals surface area contributed by atoms with Crippen LogP contribution >= 0.6 is 0 Å². The van der Waals surface area contributed by atoms with Crippen LogP contribution in [0.4, 0.5) is 0 Å². The van der Waals surface area contributed by atoms with Gasteiger partial charge in [-0.2, -0.15) is 5.11 Å². The van der Waals surface area contributed by atoms with E-state index in [1.807, 2.05) is 0 Å². The molecule has 0 aromatic rings. The number of nitrogens with zero attached hydrogens (tertiary/aromatic N) is 2. The number of carbonyl (C=O) groups is 1. The number of Topliss-reactive ketones (excluding diaryl/α,β-unsaturated/α-hetero) is 1. The molecular weight excluding hydrogens is 302 g/mol. The van der Waals surface area contributed by atoms with Crippen LogP contribution in [0.1, 0.15) is 58.8 Å². The largest absolute Gasteiger partial charge is 0.375 e. The number of rotatable bonds is 0. The first kappa shape index (κ1) is 14.8. The minimum Gasteiger partial charge on any atom is -0.375 e. The zero-order chi connectivity index (χ0) is 16.6. The first-order valence-corrected chi connectivity index (χ1v) is 9.22. The maximum Gasteiger partial charge on any atom is 0.162 e. The quantitative estimate of drug-likeness (QED) is 0.739. The second kappa shape index (κ2) is 4.57. The molecule has 0 aromatic heterocycles. The number of nitrogens with one attached hydrogen (secondary N) is 1. The van der Waals surface area contributed by atoms with Crippen molar-refractivity contribution in [3.05, 3.63) is 22.7 Å². The molecule has 5 nitrogen and oxygen atoms in total. The SMILES string of the molecule is CC1(C)CC(=O)C2=C(C1)NC1=C(CN=N1)[C@@]21CCOC2(CCC2)C1. The van der Waals surface area contributed by atoms with Crippen LogP contribution in [-0.4, -0.2) is 24.5 Å². The van der Waals surface area contributed by atoms with Crippen LogP contribution in [0.3, 0.4) is 0 Å². The predicted molar refractivity (Wildman–Crippen MR) is 89.1 cm³/mol. The summed E-state index contributed by atoms with van der Waals surface area (Å²) in [5.41, 5.74) is 3.20. The zero-order valence-electron chi connectivity index (χ0n) is 14.6. The summed E-state index contributed by atoms with van der Waals surface area (Å²) in [5.74, 6) is 1.24. The maximum atomic E-state index is 13.2. The number of azo groups is 1. The Morgan fingerprint density at radius 2 is 2.00 bits per heavy atom. The van der Waals surface area contributed by atoms with Gasteiger partial charge in [0.1, 0.15) is 0 Å². The molecule has 0 radical (unpaired) electrons. The lowest BCUT2D eigenvalue weighted by Gasteiger charge is -2.55. The van der Waals surface area contributed by atoms with Gasteiger partial charge in [-0.1, -0.05) is 13.8 Å². The highest BCUT2D eigenvalue weighted by Gasteiger charge is 2.57. The van der Waals surface area contributed by atoms with E-state index in [0.717, 1.165) is 55.8 Å². The molecule has 5 heteroatoms. The molecule has 2 fully saturated rings. The minimum atomic E-state index is -0.189. The molecule has 0 unspecified atom stereocenters. The molecule has 128 valence electrons. The van der Waals surface area contributed by atoms with Crippen LogP contribution in [0.25, 0.3) is 0 Å². The highest BCUT2D eigenvalue weighted by molar-refractivity contribution is 6.00. The van der Waals surface area contributed by atoms with E-state index < -0.39 is 0 Å². The van der Waals surface area contributed by atoms with Gasteiger partial charge in [-0.3, -0.25) is 4.79 Å². The van der Waals surface area contributed by atoms with E-state index in [-0.39, 0.29) is 16.4 Å². The van der Waals surface area contributed by atoms with Crippen molar-refractivity contribution in [3.8, 4) is 0 Å². The molecule has 0 amide bonds. The van der Waals surface area contributed by atoms with Gasteiger partial charge in [0.15, 0.2) is 11.6 Å². The van der Waals surface area contributed by atoms with Crippen molar-refractivity contribution < 1.29 is 9.53 Å². The Kier molecular flexibility index (Phi) is 2.82. The summed E-state index contributed by atoms with van der Waals surface area (Å²) in [6.07, 6.45) is 6.88. The average molecular weight is 327 g/mol. The molecule has 5 aliphatic rings. The van der Waals surface area contributed by atoms with Crippen LogP contribution in [0.15, 0.2) is 32.9 Å². The topological polar surface area (TPSA) is 63.0 Å². The first-order chi connectivity index (χ1) is 11.4. The minimum absolute atomic E-state index is 0.0112. The predicted octanol–water partition coefficient (Wildman–Crippen LogP) is 3.63. The van der Waals surface area contributed by atoms with Gasteiger partial charge in [0.05, 0.1) is 12.1 Å². The Labute approximate surface area is 142 Å². The summed E-state index contributed by atoms with van der Waals surface area (Å²) < 4.78 is 6.20. The number of carbonyl (C=O) groups excluding carboxylic acids is 1. The van der Waals surface area contributed by atoms with Gasteiger partial charge in [-0.05, 0) is 43.9 Å². The molecule has 24 heavy (non-hydrogen) atoms. The molecule has 1 atom stereocenters. The average Bonchev–Trinajstić information content (AvgIpc) is 2.93. The number of allylic oxidation sites excluding steroid dienone is 2. The molecule has 2 aliphatic carbocycles. The van der Waals surface area contributed by atoms with Crippen molar-refractivity contribution in [2.75, 3.05) is 13.2 Å². The summed E-state index contributed by atoms with van der Waals surface area (Å²) in [4.78, 5) is 13.2. The van der Waals surface area contributed by atoms with Crippen molar-refractivity contribution in [2.24, 2.45) is 21.1 Å². The van der Waals surface area contributed by atoms with E-state index in [1.165, 1.54) is 12.0 Å². The molecule has 0 aromatic carbocycles. The maximum absolute atomic E-state index is 13.2. The second-order valence-electron chi connectivity index (χ2n) is 9.04. The van der Waals surface area contributed by atoms with Gasteiger partial charge < -0.3 is 10.1 Å². The lowest BCUT2D eigenvalue weighted by molar-refractivity contribution is -0.156. The number of hydrogen-bond donors (Lipinski definition) is 1. The third kappa shape index (κ3) is 1.88. The number of hydrogen-bond acceptors (Lipinski definition) is 5. The molecule has 1 saturated heterocycles. The summed E-state index contributed by atoms with van der Waals surface area (Å²) in [6.45, 7) is 5.73. The Balaban J connectivity index is 1.66. The Bertz CT molecular complexity index is 727. The molecule has 0 bridgehead atoms. The summed E-state index contributed by atoms with van der Waals surface area (Å²) in [6, 6.07) is 0. The van der Waals surface area contributed by atoms with E-state index >= 15 is 0 Å². The second-order valence-corrected chi connectivity index (χ2v) is 9.04. The van der Waals surface area contributed by atoms with Gasteiger partial charge in [0.25, 0.3) is 0 Å². The van der Waals surface area contributed by atoms with E-state index in [1.54, 1.807) is 0 Å². The van der Waals surface area contributed by atoms with E-state index in [4.69, 9.17) is 4.74 Å². The fourth-order valence-corrected chi connectivity index (χ4v) is 5.56. The first-order valence-electron chi connectivity index (χ1n) is 9.22. The normalized spacial score (nSPS) is 35.8. The highest BCUT2D eigenvalue weighted by atomic mass is 16.5. The molecule has 3 aliphatic heterocycles. The van der Waals surface area contributed by atoms with Crippen molar-refractivity contribution >= 4 is 5.78 Å². The smallest absolute Gasteiger partial charge is 0.162 e. The monoisotopic (exact) mass is 327 g/mol. The van der Waals surface area contributed by atoms with Crippen LogP contribution in [-0.2, 0) is 9.53 Å². The fourth-order valence-electron chi connectivity index (χ4n) is 5.56. The van der Waals surface area contributed by atoms with Gasteiger partial charge in [-0.15, -0.1) is 5.11 Å². The molecule has 2 spiro atoms. The lowest BCUT2D eigenvalue weighted by Crippen LogP contribution is -2.54. The van der Waals surface area contributed by atoms with Gasteiger partial charge in [-0.25, -0.2) is 0 Å². The van der Waals surface area contributed by atoms with Crippen LogP contribution < -0.4 is 5.32 Å². The van der Waals surface area contributed by atoms with Crippen molar-refractivity contribution in [1.82, 2.24) is 5.32 Å². The fraction of sp³-hybridized carbons (Fsp3) is 0.737. The van der Waals surface area contributed by atoms with Crippen LogP contribution in [0.5, 0.6) is 0 Å². The van der Waals surface area contributed by atoms with Crippen molar-refractivity contribution in [3.63, 3.8) is 0 Å². The van der Waals surface area contributed by atoms with Crippen molar-refractivity contribution in [1.29, 1.82) is 0 Å². The Morgan fingerprint density at radius 3 is 2.75 bits per heavy atom. The number of ketones is 1. The summed E-state index contributed by atoms with van der Waals surface area (Å²) in [5, 5.41) is 12.1. The third-order valence-electron chi connectivity index (χ3n) is 6.71. The molecular formula is C19H25N3O2. The molecule has 5 rings (SSSR count). The number of dihydropyridines is 1. The summed E-state index contributed by atoms with van der Waals surface area (Å²) in [7, 11) is 0. The Morgan fingerprint density at radius 1 is 1.17 bits per heavy atom. The van der Waals surface area contributed by atoms with Crippen LogP contribution in [0.2, 0.25) is 0 Å². The van der Waals surface area contributed by atoms with Crippen molar-refractivity contribution in [2.45, 2.75) is 64.4 Å². The number of ether oxygens (including phenoxy) is 1.